The third-order valence-corrected chi connectivity index (χ3v) is 2.66. The SMILES string of the molecule is C=Cc1cccc(-c2nc3ccccc3o2)c1. The summed E-state index contributed by atoms with van der Waals surface area (Å²) in [5.41, 5.74) is 3.72. The van der Waals surface area contributed by atoms with Gasteiger partial charge in [-0.1, -0.05) is 36.9 Å². The molecule has 1 heterocycles. The minimum Gasteiger partial charge on any atom is -0.436 e. The topological polar surface area (TPSA) is 26.0 Å². The maximum absolute atomic E-state index is 5.71. The molecule has 0 unspecified atom stereocenters. The lowest BCUT2D eigenvalue weighted by molar-refractivity contribution is 0.620. The summed E-state index contributed by atoms with van der Waals surface area (Å²) in [5, 5.41) is 0. The molecule has 0 aliphatic heterocycles. The van der Waals surface area contributed by atoms with Gasteiger partial charge in [-0.15, -0.1) is 0 Å². The Hall–Kier alpha value is -2.35. The maximum Gasteiger partial charge on any atom is 0.227 e. The van der Waals surface area contributed by atoms with E-state index in [1.807, 2.05) is 54.6 Å². The number of aromatic nitrogens is 1. The van der Waals surface area contributed by atoms with Gasteiger partial charge in [0.05, 0.1) is 0 Å². The molecule has 3 aromatic rings. The number of fused-ring (bicyclic) bond motifs is 1. The molecule has 0 atom stereocenters. The fourth-order valence-corrected chi connectivity index (χ4v) is 1.79. The van der Waals surface area contributed by atoms with Gasteiger partial charge in [0.15, 0.2) is 5.58 Å². The van der Waals surface area contributed by atoms with Crippen molar-refractivity contribution in [2.75, 3.05) is 0 Å². The number of oxazole rings is 1. The second-order valence-corrected chi connectivity index (χ2v) is 3.82. The van der Waals surface area contributed by atoms with Gasteiger partial charge in [-0.05, 0) is 29.8 Å². The Balaban J connectivity index is 2.16. The molecular weight excluding hydrogens is 210 g/mol. The number of hydrogen-bond acceptors (Lipinski definition) is 2. The average molecular weight is 221 g/mol. The minimum absolute atomic E-state index is 0.648. The standard InChI is InChI=1S/C15H11NO/c1-2-11-6-5-7-12(10-11)15-16-13-8-3-4-9-14(13)17-15/h2-10H,1H2. The van der Waals surface area contributed by atoms with Crippen LogP contribution in [0.5, 0.6) is 0 Å². The summed E-state index contributed by atoms with van der Waals surface area (Å²) in [7, 11) is 0. The second-order valence-electron chi connectivity index (χ2n) is 3.82. The van der Waals surface area contributed by atoms with E-state index in [0.29, 0.717) is 5.89 Å². The molecule has 2 nitrogen and oxygen atoms in total. The van der Waals surface area contributed by atoms with Crippen LogP contribution in [0.15, 0.2) is 59.5 Å². The van der Waals surface area contributed by atoms with Crippen molar-refractivity contribution in [1.82, 2.24) is 4.98 Å². The Labute approximate surface area is 99.2 Å². The van der Waals surface area contributed by atoms with Gasteiger partial charge in [0, 0.05) is 5.56 Å². The van der Waals surface area contributed by atoms with Gasteiger partial charge in [0.25, 0.3) is 0 Å². The maximum atomic E-state index is 5.71. The Kier molecular flexibility index (Phi) is 2.26. The zero-order valence-electron chi connectivity index (χ0n) is 9.26. The van der Waals surface area contributed by atoms with Crippen LogP contribution >= 0.6 is 0 Å². The zero-order chi connectivity index (χ0) is 11.7. The van der Waals surface area contributed by atoms with E-state index in [2.05, 4.69) is 11.6 Å². The lowest BCUT2D eigenvalue weighted by atomic mass is 10.1. The van der Waals surface area contributed by atoms with Gasteiger partial charge >= 0.3 is 0 Å². The van der Waals surface area contributed by atoms with Crippen molar-refractivity contribution in [1.29, 1.82) is 0 Å². The van der Waals surface area contributed by atoms with Gasteiger partial charge in [-0.3, -0.25) is 0 Å². The van der Waals surface area contributed by atoms with Crippen molar-refractivity contribution in [3.63, 3.8) is 0 Å². The highest BCUT2D eigenvalue weighted by atomic mass is 16.3. The number of hydrogen-bond donors (Lipinski definition) is 0. The third-order valence-electron chi connectivity index (χ3n) is 2.66. The highest BCUT2D eigenvalue weighted by Gasteiger charge is 2.07. The fourth-order valence-electron chi connectivity index (χ4n) is 1.79. The van der Waals surface area contributed by atoms with Gasteiger partial charge in [0.1, 0.15) is 5.52 Å². The Morgan fingerprint density at radius 2 is 1.94 bits per heavy atom. The monoisotopic (exact) mass is 221 g/mol. The Morgan fingerprint density at radius 1 is 1.06 bits per heavy atom. The van der Waals surface area contributed by atoms with E-state index in [4.69, 9.17) is 4.42 Å². The van der Waals surface area contributed by atoms with E-state index in [1.165, 1.54) is 0 Å². The van der Waals surface area contributed by atoms with Crippen molar-refractivity contribution >= 4 is 17.2 Å². The Morgan fingerprint density at radius 3 is 2.76 bits per heavy atom. The summed E-state index contributed by atoms with van der Waals surface area (Å²) < 4.78 is 5.71. The average Bonchev–Trinajstić information content (AvgIpc) is 2.82. The molecule has 3 rings (SSSR count). The molecule has 0 amide bonds. The summed E-state index contributed by atoms with van der Waals surface area (Å²) >= 11 is 0. The summed E-state index contributed by atoms with van der Waals surface area (Å²) in [6, 6.07) is 15.7. The number of nitrogens with zero attached hydrogens (tertiary/aromatic N) is 1. The van der Waals surface area contributed by atoms with Crippen LogP contribution in [0.3, 0.4) is 0 Å². The van der Waals surface area contributed by atoms with Crippen LogP contribution in [0.2, 0.25) is 0 Å². The van der Waals surface area contributed by atoms with E-state index in [1.54, 1.807) is 0 Å². The quantitative estimate of drug-likeness (QED) is 0.650. The van der Waals surface area contributed by atoms with Crippen molar-refractivity contribution in [3.8, 4) is 11.5 Å². The molecule has 17 heavy (non-hydrogen) atoms. The Bertz CT molecular complexity index is 649. The van der Waals surface area contributed by atoms with Crippen LogP contribution in [0.25, 0.3) is 28.6 Å². The molecule has 0 fully saturated rings. The first-order valence-electron chi connectivity index (χ1n) is 5.45. The second kappa shape index (κ2) is 3.91. The predicted molar refractivity (Wildman–Crippen MR) is 69.5 cm³/mol. The number of para-hydroxylation sites is 2. The largest absolute Gasteiger partial charge is 0.436 e. The molecule has 0 aliphatic carbocycles. The van der Waals surface area contributed by atoms with Crippen LogP contribution in [-0.4, -0.2) is 4.98 Å². The predicted octanol–water partition coefficient (Wildman–Crippen LogP) is 4.14. The molecule has 0 aliphatic rings. The first-order chi connectivity index (χ1) is 8.36. The van der Waals surface area contributed by atoms with Gasteiger partial charge < -0.3 is 4.42 Å². The molecular formula is C15H11NO. The summed E-state index contributed by atoms with van der Waals surface area (Å²) in [4.78, 5) is 4.46. The molecule has 2 aromatic carbocycles. The minimum atomic E-state index is 0.648. The zero-order valence-corrected chi connectivity index (χ0v) is 9.26. The highest BCUT2D eigenvalue weighted by molar-refractivity contribution is 5.76. The summed E-state index contributed by atoms with van der Waals surface area (Å²) in [6.07, 6.45) is 1.81. The molecule has 0 bridgehead atoms. The molecule has 0 saturated carbocycles. The van der Waals surface area contributed by atoms with Crippen LogP contribution in [-0.2, 0) is 0 Å². The van der Waals surface area contributed by atoms with Crippen LogP contribution in [0, 0.1) is 0 Å². The first kappa shape index (κ1) is 9.85. The molecule has 0 spiro atoms. The van der Waals surface area contributed by atoms with E-state index in [9.17, 15) is 0 Å². The smallest absolute Gasteiger partial charge is 0.227 e. The number of benzene rings is 2. The summed E-state index contributed by atoms with van der Waals surface area (Å²) in [5.74, 6) is 0.648. The third kappa shape index (κ3) is 1.74. The van der Waals surface area contributed by atoms with E-state index < -0.39 is 0 Å². The first-order valence-corrected chi connectivity index (χ1v) is 5.45. The van der Waals surface area contributed by atoms with E-state index >= 15 is 0 Å². The lowest BCUT2D eigenvalue weighted by Gasteiger charge is -1.96. The molecule has 0 N–H and O–H groups in total. The van der Waals surface area contributed by atoms with Crippen molar-refractivity contribution in [2.45, 2.75) is 0 Å². The molecule has 2 heteroatoms. The van der Waals surface area contributed by atoms with Crippen LogP contribution < -0.4 is 0 Å². The molecule has 1 aromatic heterocycles. The van der Waals surface area contributed by atoms with E-state index in [0.717, 1.165) is 22.2 Å². The van der Waals surface area contributed by atoms with E-state index in [-0.39, 0.29) is 0 Å². The highest BCUT2D eigenvalue weighted by Crippen LogP contribution is 2.24. The van der Waals surface area contributed by atoms with Crippen molar-refractivity contribution in [3.05, 3.63) is 60.7 Å². The normalized spacial score (nSPS) is 10.6. The van der Waals surface area contributed by atoms with Gasteiger partial charge in [-0.25, -0.2) is 4.98 Å². The van der Waals surface area contributed by atoms with Gasteiger partial charge in [0.2, 0.25) is 5.89 Å². The summed E-state index contributed by atoms with van der Waals surface area (Å²) in [6.45, 7) is 3.76. The van der Waals surface area contributed by atoms with Crippen LogP contribution in [0.1, 0.15) is 5.56 Å². The van der Waals surface area contributed by atoms with Crippen molar-refractivity contribution < 1.29 is 4.42 Å². The molecule has 82 valence electrons. The van der Waals surface area contributed by atoms with Crippen LogP contribution in [0.4, 0.5) is 0 Å². The fraction of sp³-hybridized carbons (Fsp3) is 0. The van der Waals surface area contributed by atoms with Gasteiger partial charge in [-0.2, -0.15) is 0 Å². The number of rotatable bonds is 2. The lowest BCUT2D eigenvalue weighted by Crippen LogP contribution is -1.78. The molecule has 0 saturated heterocycles. The molecule has 0 radical (unpaired) electrons. The van der Waals surface area contributed by atoms with Crippen molar-refractivity contribution in [2.24, 2.45) is 0 Å².